The molecule has 1 saturated heterocycles. The molecule has 1 aromatic carbocycles. The molecule has 1 aliphatic rings. The average Bonchev–Trinajstić information content (AvgIpc) is 2.69. The molecule has 1 aliphatic heterocycles. The largest absolute Gasteiger partial charge is 0.359 e. The van der Waals surface area contributed by atoms with Crippen molar-refractivity contribution < 1.29 is 13.2 Å². The number of rotatable bonds is 3. The van der Waals surface area contributed by atoms with E-state index in [1.807, 2.05) is 11.9 Å². The fourth-order valence-corrected chi connectivity index (χ4v) is 3.97. The van der Waals surface area contributed by atoms with Crippen molar-refractivity contribution in [2.45, 2.75) is 4.90 Å². The Balaban J connectivity index is 2.27. The van der Waals surface area contributed by atoms with Gasteiger partial charge in [0.05, 0.1) is 10.8 Å². The zero-order valence-electron chi connectivity index (χ0n) is 12.3. The summed E-state index contributed by atoms with van der Waals surface area (Å²) in [6.07, 6.45) is 0. The minimum Gasteiger partial charge on any atom is -0.359 e. The summed E-state index contributed by atoms with van der Waals surface area (Å²) in [6.45, 7) is 1.77. The van der Waals surface area contributed by atoms with Crippen LogP contribution in [-0.2, 0) is 14.8 Å². The van der Waals surface area contributed by atoms with Gasteiger partial charge in [0.2, 0.25) is 15.9 Å². The van der Waals surface area contributed by atoms with Gasteiger partial charge in [-0.3, -0.25) is 4.79 Å². The maximum absolute atomic E-state index is 12.7. The molecular weight excluding hydrogens is 290 g/mol. The van der Waals surface area contributed by atoms with E-state index in [-0.39, 0.29) is 23.3 Å². The van der Waals surface area contributed by atoms with Gasteiger partial charge in [-0.1, -0.05) is 18.2 Å². The van der Waals surface area contributed by atoms with Crippen molar-refractivity contribution in [1.82, 2.24) is 14.5 Å². The predicted molar refractivity (Wildman–Crippen MR) is 80.3 cm³/mol. The maximum Gasteiger partial charge on any atom is 0.243 e. The van der Waals surface area contributed by atoms with E-state index in [0.29, 0.717) is 19.6 Å². The van der Waals surface area contributed by atoms with Crippen molar-refractivity contribution in [1.29, 1.82) is 0 Å². The molecule has 2 rings (SSSR count). The third kappa shape index (κ3) is 3.61. The van der Waals surface area contributed by atoms with E-state index in [9.17, 15) is 13.2 Å². The second-order valence-electron chi connectivity index (χ2n) is 5.25. The molecule has 0 spiro atoms. The lowest BCUT2D eigenvalue weighted by Gasteiger charge is -2.22. The van der Waals surface area contributed by atoms with E-state index in [1.165, 1.54) is 4.31 Å². The molecule has 1 atom stereocenters. The molecule has 6 nitrogen and oxygen atoms in total. The van der Waals surface area contributed by atoms with Gasteiger partial charge >= 0.3 is 0 Å². The minimum absolute atomic E-state index is 0.128. The van der Waals surface area contributed by atoms with Gasteiger partial charge in [-0.25, -0.2) is 8.42 Å². The molecule has 1 heterocycles. The van der Waals surface area contributed by atoms with Crippen LogP contribution in [0.25, 0.3) is 0 Å². The molecule has 0 radical (unpaired) electrons. The summed E-state index contributed by atoms with van der Waals surface area (Å²) in [5, 5.41) is 2.61. The monoisotopic (exact) mass is 311 g/mol. The van der Waals surface area contributed by atoms with Crippen LogP contribution in [0.4, 0.5) is 0 Å². The molecule has 0 saturated carbocycles. The highest BCUT2D eigenvalue weighted by molar-refractivity contribution is 7.89. The Hall–Kier alpha value is -1.44. The van der Waals surface area contributed by atoms with Gasteiger partial charge in [-0.05, 0) is 19.2 Å². The lowest BCUT2D eigenvalue weighted by Crippen LogP contribution is -2.41. The lowest BCUT2D eigenvalue weighted by molar-refractivity contribution is -0.124. The van der Waals surface area contributed by atoms with E-state index in [1.54, 1.807) is 37.4 Å². The van der Waals surface area contributed by atoms with Gasteiger partial charge in [0.1, 0.15) is 0 Å². The van der Waals surface area contributed by atoms with Crippen LogP contribution >= 0.6 is 0 Å². The third-order valence-corrected chi connectivity index (χ3v) is 5.56. The first-order valence-electron chi connectivity index (χ1n) is 6.90. The van der Waals surface area contributed by atoms with Crippen LogP contribution in [0.15, 0.2) is 35.2 Å². The fourth-order valence-electron chi connectivity index (χ4n) is 2.47. The number of amides is 1. The van der Waals surface area contributed by atoms with Crippen molar-refractivity contribution in [3.8, 4) is 0 Å². The summed E-state index contributed by atoms with van der Waals surface area (Å²) in [5.74, 6) is -0.488. The van der Waals surface area contributed by atoms with Gasteiger partial charge in [0.25, 0.3) is 0 Å². The molecular formula is C14H21N3O3S. The average molecular weight is 311 g/mol. The smallest absolute Gasteiger partial charge is 0.243 e. The molecule has 0 bridgehead atoms. The number of hydrogen-bond acceptors (Lipinski definition) is 4. The summed E-state index contributed by atoms with van der Waals surface area (Å²) in [6, 6.07) is 8.35. The molecule has 1 fully saturated rings. The number of nitrogens with one attached hydrogen (secondary N) is 1. The van der Waals surface area contributed by atoms with Crippen LogP contribution in [0.5, 0.6) is 0 Å². The van der Waals surface area contributed by atoms with Crippen LogP contribution in [-0.4, -0.2) is 63.8 Å². The Kier molecular flexibility index (Phi) is 4.97. The van der Waals surface area contributed by atoms with Gasteiger partial charge in [0, 0.05) is 33.2 Å². The third-order valence-electron chi connectivity index (χ3n) is 3.69. The molecule has 0 aromatic heterocycles. The number of nitrogens with zero attached hydrogens (tertiary/aromatic N) is 2. The second-order valence-corrected chi connectivity index (χ2v) is 7.19. The first kappa shape index (κ1) is 15.9. The van der Waals surface area contributed by atoms with Crippen LogP contribution in [0, 0.1) is 5.92 Å². The highest BCUT2D eigenvalue weighted by Crippen LogP contribution is 2.19. The second kappa shape index (κ2) is 6.55. The number of hydrogen-bond donors (Lipinski definition) is 1. The molecule has 21 heavy (non-hydrogen) atoms. The maximum atomic E-state index is 12.7. The topological polar surface area (TPSA) is 69.7 Å². The fraction of sp³-hybridized carbons (Fsp3) is 0.500. The summed E-state index contributed by atoms with van der Waals surface area (Å²) in [7, 11) is -0.0867. The van der Waals surface area contributed by atoms with Gasteiger partial charge in [0.15, 0.2) is 0 Å². The first-order chi connectivity index (χ1) is 9.95. The molecule has 7 heteroatoms. The van der Waals surface area contributed by atoms with E-state index < -0.39 is 10.0 Å². The SMILES string of the molecule is CNC(=O)[C@H]1CN(C)CCN(S(=O)(=O)c2ccccc2)C1. The Labute approximate surface area is 125 Å². The highest BCUT2D eigenvalue weighted by Gasteiger charge is 2.32. The minimum atomic E-state index is -3.56. The van der Waals surface area contributed by atoms with Crippen LogP contribution in [0.1, 0.15) is 0 Å². The predicted octanol–water partition coefficient (Wildman–Crippen LogP) is -0.0151. The summed E-state index contributed by atoms with van der Waals surface area (Å²) in [5.41, 5.74) is 0. The van der Waals surface area contributed by atoms with Crippen molar-refractivity contribution in [3.05, 3.63) is 30.3 Å². The van der Waals surface area contributed by atoms with Crippen molar-refractivity contribution in [2.24, 2.45) is 5.92 Å². The Morgan fingerprint density at radius 2 is 1.86 bits per heavy atom. The Morgan fingerprint density at radius 3 is 2.48 bits per heavy atom. The van der Waals surface area contributed by atoms with Gasteiger partial charge in [-0.2, -0.15) is 4.31 Å². The van der Waals surface area contributed by atoms with Crippen LogP contribution in [0.2, 0.25) is 0 Å². The number of sulfonamides is 1. The molecule has 0 aliphatic carbocycles. The summed E-state index contributed by atoms with van der Waals surface area (Å²) >= 11 is 0. The number of carbonyl (C=O) groups is 1. The van der Waals surface area contributed by atoms with Gasteiger partial charge < -0.3 is 10.2 Å². The van der Waals surface area contributed by atoms with Crippen LogP contribution in [0.3, 0.4) is 0 Å². The normalized spacial score (nSPS) is 21.7. The van der Waals surface area contributed by atoms with Crippen molar-refractivity contribution in [3.63, 3.8) is 0 Å². The van der Waals surface area contributed by atoms with E-state index in [4.69, 9.17) is 0 Å². The molecule has 0 unspecified atom stereocenters. The highest BCUT2D eigenvalue weighted by atomic mass is 32.2. The summed E-state index contributed by atoms with van der Waals surface area (Å²) in [4.78, 5) is 14.2. The van der Waals surface area contributed by atoms with Crippen LogP contribution < -0.4 is 5.32 Å². The lowest BCUT2D eigenvalue weighted by atomic mass is 10.1. The Morgan fingerprint density at radius 1 is 1.19 bits per heavy atom. The standard InChI is InChI=1S/C14H21N3O3S/c1-15-14(18)12-10-16(2)8-9-17(11-12)21(19,20)13-6-4-3-5-7-13/h3-7,12H,8-11H2,1-2H3,(H,15,18)/t12-/m0/s1. The zero-order chi connectivity index (χ0) is 15.5. The number of carbonyl (C=O) groups excluding carboxylic acids is 1. The van der Waals surface area contributed by atoms with E-state index in [0.717, 1.165) is 0 Å². The zero-order valence-corrected chi connectivity index (χ0v) is 13.1. The van der Waals surface area contributed by atoms with E-state index in [2.05, 4.69) is 5.32 Å². The summed E-state index contributed by atoms with van der Waals surface area (Å²) < 4.78 is 26.8. The number of benzene rings is 1. The van der Waals surface area contributed by atoms with E-state index >= 15 is 0 Å². The molecule has 1 N–H and O–H groups in total. The Bertz CT molecular complexity index is 589. The van der Waals surface area contributed by atoms with Crippen molar-refractivity contribution >= 4 is 15.9 Å². The molecule has 1 amide bonds. The van der Waals surface area contributed by atoms with Crippen molar-refractivity contribution in [2.75, 3.05) is 40.3 Å². The molecule has 1 aromatic rings. The number of likely N-dealkylation sites (N-methyl/N-ethyl adjacent to an activating group) is 1. The quantitative estimate of drug-likeness (QED) is 0.852. The van der Waals surface area contributed by atoms with Gasteiger partial charge in [-0.15, -0.1) is 0 Å². The molecule has 116 valence electrons. The first-order valence-corrected chi connectivity index (χ1v) is 8.34.